The number of carbonyl (C=O) groups excluding carboxylic acids is 1. The van der Waals surface area contributed by atoms with Gasteiger partial charge in [0.25, 0.3) is 0 Å². The molecular weight excluding hydrogens is 228 g/mol. The standard InChI is InChI=1S/C13H16N4O/c1-9-7-11(8-14)16-13(15-9)17-6-4-3-5-12(17)10(2)18/h7,12H,3-6H2,1-2H3. The molecule has 1 fully saturated rings. The fraction of sp³-hybridized carbons (Fsp3) is 0.538. The number of hydrogen-bond acceptors (Lipinski definition) is 5. The highest BCUT2D eigenvalue weighted by molar-refractivity contribution is 5.84. The van der Waals surface area contributed by atoms with Gasteiger partial charge >= 0.3 is 0 Å². The van der Waals surface area contributed by atoms with Gasteiger partial charge in [0.05, 0.1) is 6.04 Å². The fourth-order valence-electron chi connectivity index (χ4n) is 2.33. The van der Waals surface area contributed by atoms with E-state index in [-0.39, 0.29) is 11.8 Å². The van der Waals surface area contributed by atoms with Gasteiger partial charge in [0.15, 0.2) is 5.78 Å². The van der Waals surface area contributed by atoms with E-state index in [9.17, 15) is 4.79 Å². The van der Waals surface area contributed by atoms with Gasteiger partial charge in [-0.1, -0.05) is 0 Å². The Morgan fingerprint density at radius 1 is 1.50 bits per heavy atom. The number of Topliss-reactive ketones (excluding diaryl/α,β-unsaturated/α-hetero) is 1. The van der Waals surface area contributed by atoms with Crippen molar-refractivity contribution in [2.24, 2.45) is 0 Å². The average Bonchev–Trinajstić information content (AvgIpc) is 2.38. The molecule has 0 spiro atoms. The van der Waals surface area contributed by atoms with Crippen LogP contribution in [0.2, 0.25) is 0 Å². The number of carbonyl (C=O) groups is 1. The molecule has 0 N–H and O–H groups in total. The van der Waals surface area contributed by atoms with E-state index in [1.807, 2.05) is 17.9 Å². The van der Waals surface area contributed by atoms with E-state index in [1.165, 1.54) is 0 Å². The maximum absolute atomic E-state index is 11.7. The molecular formula is C13H16N4O. The van der Waals surface area contributed by atoms with E-state index in [0.29, 0.717) is 11.6 Å². The molecule has 1 unspecified atom stereocenters. The number of hydrogen-bond donors (Lipinski definition) is 0. The van der Waals surface area contributed by atoms with Crippen LogP contribution in [0.25, 0.3) is 0 Å². The van der Waals surface area contributed by atoms with Crippen molar-refractivity contribution in [1.29, 1.82) is 5.26 Å². The minimum absolute atomic E-state index is 0.137. The molecule has 5 nitrogen and oxygen atoms in total. The Morgan fingerprint density at radius 2 is 2.28 bits per heavy atom. The third-order valence-electron chi connectivity index (χ3n) is 3.19. The second-order valence-corrected chi connectivity index (χ2v) is 4.62. The largest absolute Gasteiger partial charge is 0.331 e. The number of anilines is 1. The maximum atomic E-state index is 11.7. The van der Waals surface area contributed by atoms with Gasteiger partial charge in [-0.25, -0.2) is 9.97 Å². The van der Waals surface area contributed by atoms with Gasteiger partial charge in [-0.2, -0.15) is 5.26 Å². The summed E-state index contributed by atoms with van der Waals surface area (Å²) in [6, 6.07) is 3.53. The molecule has 0 aliphatic carbocycles. The third kappa shape index (κ3) is 2.48. The zero-order valence-electron chi connectivity index (χ0n) is 10.7. The Morgan fingerprint density at radius 3 is 2.94 bits per heavy atom. The molecule has 1 aromatic rings. The normalized spacial score (nSPS) is 19.4. The lowest BCUT2D eigenvalue weighted by atomic mass is 10.00. The van der Waals surface area contributed by atoms with Gasteiger partial charge in [-0.3, -0.25) is 4.79 Å². The number of nitriles is 1. The van der Waals surface area contributed by atoms with E-state index < -0.39 is 0 Å². The molecule has 0 radical (unpaired) electrons. The number of aryl methyl sites for hydroxylation is 1. The molecule has 2 heterocycles. The van der Waals surface area contributed by atoms with Crippen LogP contribution in [-0.4, -0.2) is 28.3 Å². The molecule has 0 bridgehead atoms. The number of ketones is 1. The zero-order valence-corrected chi connectivity index (χ0v) is 10.7. The predicted molar refractivity (Wildman–Crippen MR) is 67.2 cm³/mol. The van der Waals surface area contributed by atoms with Crippen molar-refractivity contribution in [1.82, 2.24) is 9.97 Å². The molecule has 0 amide bonds. The lowest BCUT2D eigenvalue weighted by Crippen LogP contribution is -2.45. The molecule has 1 aliphatic heterocycles. The fourth-order valence-corrected chi connectivity index (χ4v) is 2.33. The molecule has 1 aromatic heterocycles. The minimum atomic E-state index is -0.146. The molecule has 94 valence electrons. The molecule has 1 atom stereocenters. The summed E-state index contributed by atoms with van der Waals surface area (Å²) in [7, 11) is 0. The second-order valence-electron chi connectivity index (χ2n) is 4.62. The summed E-state index contributed by atoms with van der Waals surface area (Å²) >= 11 is 0. The number of piperidine rings is 1. The summed E-state index contributed by atoms with van der Waals surface area (Å²) in [4.78, 5) is 22.1. The summed E-state index contributed by atoms with van der Waals surface area (Å²) in [6.45, 7) is 4.21. The van der Waals surface area contributed by atoms with Crippen LogP contribution in [0.1, 0.15) is 37.6 Å². The highest BCUT2D eigenvalue weighted by atomic mass is 16.1. The molecule has 5 heteroatoms. The summed E-state index contributed by atoms with van der Waals surface area (Å²) in [5.41, 5.74) is 1.11. The van der Waals surface area contributed by atoms with Crippen LogP contribution in [0.15, 0.2) is 6.07 Å². The van der Waals surface area contributed by atoms with Crippen LogP contribution in [-0.2, 0) is 4.79 Å². The first-order valence-corrected chi connectivity index (χ1v) is 6.14. The summed E-state index contributed by atoms with van der Waals surface area (Å²) in [5.74, 6) is 0.643. The first-order chi connectivity index (χ1) is 8.61. The van der Waals surface area contributed by atoms with Crippen molar-refractivity contribution >= 4 is 11.7 Å². The molecule has 18 heavy (non-hydrogen) atoms. The van der Waals surface area contributed by atoms with E-state index in [4.69, 9.17) is 5.26 Å². The maximum Gasteiger partial charge on any atom is 0.227 e. The van der Waals surface area contributed by atoms with Gasteiger partial charge in [0.2, 0.25) is 5.95 Å². The number of rotatable bonds is 2. The Hall–Kier alpha value is -1.96. The molecule has 1 aliphatic rings. The van der Waals surface area contributed by atoms with E-state index in [2.05, 4.69) is 9.97 Å². The van der Waals surface area contributed by atoms with E-state index >= 15 is 0 Å². The molecule has 2 rings (SSSR count). The first-order valence-electron chi connectivity index (χ1n) is 6.14. The lowest BCUT2D eigenvalue weighted by Gasteiger charge is -2.34. The molecule has 0 aromatic carbocycles. The monoisotopic (exact) mass is 244 g/mol. The quantitative estimate of drug-likeness (QED) is 0.790. The van der Waals surface area contributed by atoms with Crippen LogP contribution in [0.4, 0.5) is 5.95 Å². The van der Waals surface area contributed by atoms with Crippen molar-refractivity contribution < 1.29 is 4.79 Å². The van der Waals surface area contributed by atoms with Crippen molar-refractivity contribution in [2.45, 2.75) is 39.2 Å². The van der Waals surface area contributed by atoms with Crippen molar-refractivity contribution in [3.63, 3.8) is 0 Å². The third-order valence-corrected chi connectivity index (χ3v) is 3.19. The van der Waals surface area contributed by atoms with Crippen LogP contribution in [0.3, 0.4) is 0 Å². The topological polar surface area (TPSA) is 69.9 Å². The van der Waals surface area contributed by atoms with Crippen LogP contribution in [0.5, 0.6) is 0 Å². The van der Waals surface area contributed by atoms with Crippen LogP contribution < -0.4 is 4.90 Å². The smallest absolute Gasteiger partial charge is 0.227 e. The summed E-state index contributed by atoms with van der Waals surface area (Å²) < 4.78 is 0. The summed E-state index contributed by atoms with van der Waals surface area (Å²) in [6.07, 6.45) is 2.93. The Kier molecular flexibility index (Phi) is 3.56. The van der Waals surface area contributed by atoms with Gasteiger partial charge < -0.3 is 4.90 Å². The second kappa shape index (κ2) is 5.13. The average molecular weight is 244 g/mol. The van der Waals surface area contributed by atoms with Gasteiger partial charge in [0, 0.05) is 12.2 Å². The number of nitrogens with zero attached hydrogens (tertiary/aromatic N) is 4. The van der Waals surface area contributed by atoms with Crippen molar-refractivity contribution in [2.75, 3.05) is 11.4 Å². The van der Waals surface area contributed by atoms with E-state index in [0.717, 1.165) is 31.5 Å². The Labute approximate surface area is 106 Å². The van der Waals surface area contributed by atoms with Gasteiger partial charge in [0.1, 0.15) is 11.8 Å². The van der Waals surface area contributed by atoms with Crippen molar-refractivity contribution in [3.8, 4) is 6.07 Å². The lowest BCUT2D eigenvalue weighted by molar-refractivity contribution is -0.118. The highest BCUT2D eigenvalue weighted by Crippen LogP contribution is 2.22. The van der Waals surface area contributed by atoms with Crippen LogP contribution >= 0.6 is 0 Å². The molecule has 1 saturated heterocycles. The number of aromatic nitrogens is 2. The zero-order chi connectivity index (χ0) is 13.1. The highest BCUT2D eigenvalue weighted by Gasteiger charge is 2.28. The predicted octanol–water partition coefficient (Wildman–Crippen LogP) is 1.60. The minimum Gasteiger partial charge on any atom is -0.331 e. The first kappa shape index (κ1) is 12.5. The Bertz CT molecular complexity index is 506. The van der Waals surface area contributed by atoms with Gasteiger partial charge in [-0.15, -0.1) is 0 Å². The Balaban J connectivity index is 2.36. The molecule has 0 saturated carbocycles. The van der Waals surface area contributed by atoms with Crippen LogP contribution in [0, 0.1) is 18.3 Å². The van der Waals surface area contributed by atoms with E-state index in [1.54, 1.807) is 13.0 Å². The summed E-state index contributed by atoms with van der Waals surface area (Å²) in [5, 5.41) is 8.93. The van der Waals surface area contributed by atoms with Gasteiger partial charge in [-0.05, 0) is 39.2 Å². The SMILES string of the molecule is CC(=O)C1CCCCN1c1nc(C)cc(C#N)n1. The van der Waals surface area contributed by atoms with Crippen molar-refractivity contribution in [3.05, 3.63) is 17.5 Å².